The molecule has 0 aliphatic carbocycles. The van der Waals surface area contributed by atoms with Gasteiger partial charge in [-0.15, -0.1) is 0 Å². The highest BCUT2D eigenvalue weighted by Crippen LogP contribution is 2.17. The lowest BCUT2D eigenvalue weighted by Crippen LogP contribution is -2.48. The van der Waals surface area contributed by atoms with Crippen molar-refractivity contribution in [2.24, 2.45) is 10.4 Å². The van der Waals surface area contributed by atoms with Crippen molar-refractivity contribution in [1.82, 2.24) is 20.5 Å². The highest BCUT2D eigenvalue weighted by Gasteiger charge is 2.30. The van der Waals surface area contributed by atoms with E-state index in [9.17, 15) is 4.79 Å². The summed E-state index contributed by atoms with van der Waals surface area (Å²) < 4.78 is 5.90. The molecule has 2 heterocycles. The van der Waals surface area contributed by atoms with Crippen molar-refractivity contribution in [2.75, 3.05) is 33.7 Å². The monoisotopic (exact) mass is 333 g/mol. The molecule has 7 nitrogen and oxygen atoms in total. The molecule has 1 atom stereocenters. The SMILES string of the molecule is CN=C(NCC(C)(C)C(=O)NC)N1CCC(Oc2ccccn2)C1. The first kappa shape index (κ1) is 18.0. The van der Waals surface area contributed by atoms with E-state index < -0.39 is 5.41 Å². The summed E-state index contributed by atoms with van der Waals surface area (Å²) in [6.45, 7) is 5.93. The topological polar surface area (TPSA) is 78.9 Å². The fourth-order valence-electron chi connectivity index (χ4n) is 2.66. The lowest BCUT2D eigenvalue weighted by Gasteiger charge is -2.27. The second-order valence-electron chi connectivity index (χ2n) is 6.51. The van der Waals surface area contributed by atoms with Gasteiger partial charge in [-0.1, -0.05) is 6.07 Å². The van der Waals surface area contributed by atoms with Crippen LogP contribution in [-0.4, -0.2) is 61.6 Å². The summed E-state index contributed by atoms with van der Waals surface area (Å²) in [6, 6.07) is 5.64. The first-order chi connectivity index (χ1) is 11.5. The van der Waals surface area contributed by atoms with E-state index in [0.29, 0.717) is 12.4 Å². The van der Waals surface area contributed by atoms with E-state index >= 15 is 0 Å². The van der Waals surface area contributed by atoms with E-state index in [1.165, 1.54) is 0 Å². The Kier molecular flexibility index (Phi) is 6.00. The van der Waals surface area contributed by atoms with Crippen molar-refractivity contribution in [3.63, 3.8) is 0 Å². The molecule has 1 aromatic heterocycles. The maximum absolute atomic E-state index is 11.9. The smallest absolute Gasteiger partial charge is 0.227 e. The zero-order chi connectivity index (χ0) is 17.6. The summed E-state index contributed by atoms with van der Waals surface area (Å²) in [5.41, 5.74) is -0.506. The molecule has 2 N–H and O–H groups in total. The van der Waals surface area contributed by atoms with Crippen LogP contribution in [0.5, 0.6) is 5.88 Å². The number of likely N-dealkylation sites (tertiary alicyclic amines) is 1. The third kappa shape index (κ3) is 4.59. The van der Waals surface area contributed by atoms with Gasteiger partial charge >= 0.3 is 0 Å². The van der Waals surface area contributed by atoms with Gasteiger partial charge in [0.25, 0.3) is 0 Å². The molecule has 1 amide bonds. The number of carbonyl (C=O) groups excluding carboxylic acids is 1. The third-order valence-electron chi connectivity index (χ3n) is 4.11. The van der Waals surface area contributed by atoms with Gasteiger partial charge in [0.2, 0.25) is 11.8 Å². The van der Waals surface area contributed by atoms with Crippen molar-refractivity contribution in [3.05, 3.63) is 24.4 Å². The number of hydrogen-bond acceptors (Lipinski definition) is 4. The highest BCUT2D eigenvalue weighted by atomic mass is 16.5. The van der Waals surface area contributed by atoms with E-state index in [4.69, 9.17) is 4.74 Å². The number of aromatic nitrogens is 1. The molecule has 0 radical (unpaired) electrons. The summed E-state index contributed by atoms with van der Waals surface area (Å²) in [4.78, 5) is 22.6. The van der Waals surface area contributed by atoms with Gasteiger partial charge in [-0.3, -0.25) is 9.79 Å². The fourth-order valence-corrected chi connectivity index (χ4v) is 2.66. The van der Waals surface area contributed by atoms with Crippen LogP contribution in [0, 0.1) is 5.41 Å². The summed E-state index contributed by atoms with van der Waals surface area (Å²) in [5, 5.41) is 5.99. The zero-order valence-electron chi connectivity index (χ0n) is 14.9. The molecule has 1 aliphatic rings. The Morgan fingerprint density at radius 3 is 2.92 bits per heavy atom. The Labute approximate surface area is 143 Å². The molecule has 1 aromatic rings. The average molecular weight is 333 g/mol. The number of ether oxygens (including phenoxy) is 1. The first-order valence-electron chi connectivity index (χ1n) is 8.21. The van der Waals surface area contributed by atoms with Gasteiger partial charge in [0.05, 0.1) is 12.0 Å². The lowest BCUT2D eigenvalue weighted by atomic mass is 9.92. The van der Waals surface area contributed by atoms with E-state index in [0.717, 1.165) is 25.5 Å². The number of guanidine groups is 1. The molecule has 24 heavy (non-hydrogen) atoms. The maximum Gasteiger partial charge on any atom is 0.227 e. The molecule has 0 aromatic carbocycles. The molecule has 0 saturated carbocycles. The minimum atomic E-state index is -0.506. The number of nitrogens with one attached hydrogen (secondary N) is 2. The van der Waals surface area contributed by atoms with E-state index in [1.807, 2.05) is 32.0 Å². The molecular weight excluding hydrogens is 306 g/mol. The zero-order valence-corrected chi connectivity index (χ0v) is 14.9. The Morgan fingerprint density at radius 1 is 1.50 bits per heavy atom. The summed E-state index contributed by atoms with van der Waals surface area (Å²) in [6.07, 6.45) is 2.73. The molecular formula is C17H27N5O2. The molecule has 1 saturated heterocycles. The van der Waals surface area contributed by atoms with Gasteiger partial charge in [-0.2, -0.15) is 0 Å². The predicted octanol–water partition coefficient (Wildman–Crippen LogP) is 0.882. The Hall–Kier alpha value is -2.31. The number of carbonyl (C=O) groups is 1. The van der Waals surface area contributed by atoms with Crippen molar-refractivity contribution in [2.45, 2.75) is 26.4 Å². The van der Waals surface area contributed by atoms with Crippen LogP contribution >= 0.6 is 0 Å². The summed E-state index contributed by atoms with van der Waals surface area (Å²) >= 11 is 0. The van der Waals surface area contributed by atoms with Crippen molar-refractivity contribution in [1.29, 1.82) is 0 Å². The molecule has 7 heteroatoms. The third-order valence-corrected chi connectivity index (χ3v) is 4.11. The number of hydrogen-bond donors (Lipinski definition) is 2. The summed E-state index contributed by atoms with van der Waals surface area (Å²) in [5.74, 6) is 1.44. The second-order valence-corrected chi connectivity index (χ2v) is 6.51. The van der Waals surface area contributed by atoms with Gasteiger partial charge in [-0.25, -0.2) is 4.98 Å². The van der Waals surface area contributed by atoms with Crippen LogP contribution in [0.1, 0.15) is 20.3 Å². The highest BCUT2D eigenvalue weighted by molar-refractivity contribution is 5.84. The van der Waals surface area contributed by atoms with Crippen LogP contribution < -0.4 is 15.4 Å². The Morgan fingerprint density at radius 2 is 2.29 bits per heavy atom. The van der Waals surface area contributed by atoms with Crippen LogP contribution in [0.4, 0.5) is 0 Å². The second kappa shape index (κ2) is 7.99. The molecule has 2 rings (SSSR count). The number of rotatable bonds is 5. The standard InChI is InChI=1S/C17H27N5O2/c1-17(2,15(23)18-3)12-21-16(19-4)22-10-8-13(11-22)24-14-7-5-6-9-20-14/h5-7,9,13H,8,10-12H2,1-4H3,(H,18,23)(H,19,21). The number of nitrogens with zero attached hydrogens (tertiary/aromatic N) is 3. The molecule has 1 unspecified atom stereocenters. The summed E-state index contributed by atoms with van der Waals surface area (Å²) in [7, 11) is 3.40. The van der Waals surface area contributed by atoms with E-state index in [-0.39, 0.29) is 12.0 Å². The van der Waals surface area contributed by atoms with Crippen molar-refractivity contribution < 1.29 is 9.53 Å². The van der Waals surface area contributed by atoms with Crippen LogP contribution in [0.3, 0.4) is 0 Å². The first-order valence-corrected chi connectivity index (χ1v) is 8.21. The Bertz CT molecular complexity index is 574. The number of aliphatic imine (C=N–C) groups is 1. The quantitative estimate of drug-likeness (QED) is 0.618. The largest absolute Gasteiger partial charge is 0.472 e. The normalized spacial score (nSPS) is 18.4. The van der Waals surface area contributed by atoms with Crippen LogP contribution in [0.15, 0.2) is 29.4 Å². The van der Waals surface area contributed by atoms with E-state index in [1.54, 1.807) is 20.3 Å². The van der Waals surface area contributed by atoms with Crippen molar-refractivity contribution >= 4 is 11.9 Å². The lowest BCUT2D eigenvalue weighted by molar-refractivity contribution is -0.128. The van der Waals surface area contributed by atoms with Crippen LogP contribution in [0.25, 0.3) is 0 Å². The predicted molar refractivity (Wildman–Crippen MR) is 94.1 cm³/mol. The minimum Gasteiger partial charge on any atom is -0.472 e. The average Bonchev–Trinajstić information content (AvgIpc) is 3.03. The maximum atomic E-state index is 11.9. The van der Waals surface area contributed by atoms with Crippen molar-refractivity contribution in [3.8, 4) is 5.88 Å². The van der Waals surface area contributed by atoms with Gasteiger partial charge in [0.15, 0.2) is 5.96 Å². The molecule has 0 bridgehead atoms. The Balaban J connectivity index is 1.87. The minimum absolute atomic E-state index is 0.00300. The van der Waals surface area contributed by atoms with Gasteiger partial charge in [0, 0.05) is 45.9 Å². The van der Waals surface area contributed by atoms with Gasteiger partial charge in [-0.05, 0) is 19.9 Å². The number of amides is 1. The van der Waals surface area contributed by atoms with Crippen LogP contribution in [0.2, 0.25) is 0 Å². The molecule has 1 fully saturated rings. The molecule has 0 spiro atoms. The van der Waals surface area contributed by atoms with Gasteiger partial charge in [0.1, 0.15) is 6.10 Å². The fraction of sp³-hybridized carbons (Fsp3) is 0.588. The molecule has 132 valence electrons. The van der Waals surface area contributed by atoms with Crippen LogP contribution in [-0.2, 0) is 4.79 Å². The van der Waals surface area contributed by atoms with Gasteiger partial charge < -0.3 is 20.3 Å². The van der Waals surface area contributed by atoms with E-state index in [2.05, 4.69) is 25.5 Å². The number of pyridine rings is 1. The molecule has 1 aliphatic heterocycles.